The van der Waals surface area contributed by atoms with E-state index in [0.717, 1.165) is 19.3 Å². The lowest BCUT2D eigenvalue weighted by Gasteiger charge is -2.35. The molecule has 39 nitrogen and oxygen atoms in total. The number of imidazole rings is 3. The number of hydrogen-bond acceptors (Lipinski definition) is 21. The molecule has 3 aromatic rings. The first-order valence-corrected chi connectivity index (χ1v) is 26.7. The highest BCUT2D eigenvalue weighted by atomic mass is 32.3. The summed E-state index contributed by atoms with van der Waals surface area (Å²) in [4.78, 5) is 64.0. The van der Waals surface area contributed by atoms with Gasteiger partial charge in [0.15, 0.2) is 0 Å². The molecule has 0 unspecified atom stereocenters. The number of nitrogens with one attached hydrogen (secondary N) is 3. The Bertz CT molecular complexity index is 2650. The minimum atomic E-state index is -6.13. The number of rotatable bonds is 9. The van der Waals surface area contributed by atoms with Gasteiger partial charge in [0.25, 0.3) is 17.5 Å². The van der Waals surface area contributed by atoms with Crippen molar-refractivity contribution in [2.45, 2.75) is 53.8 Å². The number of alkyl halides is 6. The van der Waals surface area contributed by atoms with Crippen molar-refractivity contribution in [3.8, 4) is 0 Å². The molecule has 0 spiro atoms. The number of aromatic amines is 3. The van der Waals surface area contributed by atoms with Crippen LogP contribution in [-0.2, 0) is 130 Å². The second-order valence-electron chi connectivity index (χ2n) is 12.0. The monoisotopic (exact) mass is 1300 g/mol. The van der Waals surface area contributed by atoms with E-state index in [1.54, 1.807) is 0 Å². The molecule has 0 fully saturated rings. The third-order valence-electron chi connectivity index (χ3n) is 6.28. The van der Waals surface area contributed by atoms with Gasteiger partial charge in [0.05, 0.1) is 21.1 Å². The molecule has 0 bridgehead atoms. The van der Waals surface area contributed by atoms with Crippen LogP contribution in [0, 0.1) is 0 Å². The molecule has 3 aromatic heterocycles. The minimum Gasteiger partial charge on any atom is -0.907 e. The van der Waals surface area contributed by atoms with E-state index in [-0.39, 0.29) is 0 Å². The van der Waals surface area contributed by atoms with Crippen molar-refractivity contribution >= 4 is 104 Å². The number of aliphatic carboxylic acids is 6. The van der Waals surface area contributed by atoms with Gasteiger partial charge in [-0.25, -0.2) is 57.4 Å². The molecule has 0 aromatic carbocycles. The van der Waals surface area contributed by atoms with E-state index in [2.05, 4.69) is 49.4 Å². The Morgan fingerprint density at radius 1 is 0.405 bits per heavy atom. The smallest absolute Gasteiger partial charge is 0.495 e. The maximum absolute atomic E-state index is 11.8. The molecule has 0 saturated carbocycles. The first-order valence-electron chi connectivity index (χ1n) is 18.1. The van der Waals surface area contributed by atoms with Crippen LogP contribution >= 0.6 is 0 Å². The highest BCUT2D eigenvalue weighted by Crippen LogP contribution is 2.27. The topological polar surface area (TPSA) is 678 Å². The second kappa shape index (κ2) is 36.6. The molecule has 79 heavy (non-hydrogen) atoms. The normalized spacial score (nSPS) is 11.2. The van der Waals surface area contributed by atoms with E-state index in [9.17, 15) is 76.8 Å². The van der Waals surface area contributed by atoms with E-state index in [0.29, 0.717) is 0 Å². The first kappa shape index (κ1) is 86.3. The quantitative estimate of drug-likeness (QED) is 0.0311. The molecule has 3 heterocycles. The highest BCUT2D eigenvalue weighted by Gasteiger charge is 2.58. The molecular formula is C27H45BF6N6O33S6. The fourth-order valence-corrected chi connectivity index (χ4v) is 5.96. The van der Waals surface area contributed by atoms with Crippen molar-refractivity contribution in [1.29, 1.82) is 0 Å². The molecule has 0 radical (unpaired) electrons. The van der Waals surface area contributed by atoms with Crippen molar-refractivity contribution < 1.29 is 192 Å². The van der Waals surface area contributed by atoms with Crippen LogP contribution in [0.1, 0.15) is 38.2 Å². The lowest BCUT2D eigenvalue weighted by atomic mass is 10.3. The molecule has 0 aliphatic rings. The summed E-state index contributed by atoms with van der Waals surface area (Å²) in [5.41, 5.74) is 0. The van der Waals surface area contributed by atoms with Gasteiger partial charge < -0.3 is 45.7 Å². The summed E-state index contributed by atoms with van der Waals surface area (Å²) in [6, 6.07) is 0. The summed E-state index contributed by atoms with van der Waals surface area (Å²) in [5, 5.41) is 69.6. The Kier molecular flexibility index (Phi) is 40.0. The van der Waals surface area contributed by atoms with Crippen molar-refractivity contribution in [2.75, 3.05) is 0 Å². The lowest BCUT2D eigenvalue weighted by molar-refractivity contribution is -0.677. The van der Waals surface area contributed by atoms with Gasteiger partial charge in [-0.3, -0.25) is 34.6 Å². The first-order chi connectivity index (χ1) is 34.7. The van der Waals surface area contributed by atoms with Crippen LogP contribution in [0.5, 0.6) is 0 Å². The van der Waals surface area contributed by atoms with Crippen LogP contribution in [-0.4, -0.2) is 180 Å². The van der Waals surface area contributed by atoms with Gasteiger partial charge in [0, 0.05) is 19.3 Å². The molecule has 0 atom stereocenters. The maximum Gasteiger partial charge on any atom is 0.495 e. The molecule has 3 rings (SSSR count). The van der Waals surface area contributed by atoms with Crippen molar-refractivity contribution in [3.63, 3.8) is 0 Å². The van der Waals surface area contributed by atoms with Crippen LogP contribution < -0.4 is 28.8 Å². The maximum atomic E-state index is 11.8. The van der Waals surface area contributed by atoms with E-state index in [1.165, 1.54) is 17.5 Å². The average molecular weight is 1300 g/mol. The van der Waals surface area contributed by atoms with E-state index >= 15 is 0 Å². The van der Waals surface area contributed by atoms with Crippen molar-refractivity contribution in [2.24, 2.45) is 21.1 Å². The van der Waals surface area contributed by atoms with Gasteiger partial charge >= 0.3 is 110 Å². The number of carbonyl (C=O) groups is 6. The predicted octanol–water partition coefficient (Wildman–Crippen LogP) is -7.34. The molecule has 0 saturated heterocycles. The minimum absolute atomic E-state index is 1.07. The molecule has 52 heteroatoms. The zero-order chi connectivity index (χ0) is 65.5. The van der Waals surface area contributed by atoms with Crippen molar-refractivity contribution in [3.05, 3.63) is 54.7 Å². The number of nitrogens with zero attached hydrogens (tertiary/aromatic N) is 3. The van der Waals surface area contributed by atoms with Crippen LogP contribution in [0.25, 0.3) is 0 Å². The van der Waals surface area contributed by atoms with Crippen LogP contribution in [0.4, 0.5) is 26.3 Å². The van der Waals surface area contributed by atoms with E-state index in [4.69, 9.17) is 102 Å². The van der Waals surface area contributed by atoms with Crippen LogP contribution in [0.3, 0.4) is 0 Å². The van der Waals surface area contributed by atoms with Crippen LogP contribution in [0.2, 0.25) is 0 Å². The predicted molar refractivity (Wildman–Crippen MR) is 230 cm³/mol. The van der Waals surface area contributed by atoms with Gasteiger partial charge in [0.2, 0.25) is 0 Å². The van der Waals surface area contributed by atoms with E-state index in [1.807, 2.05) is 58.3 Å². The number of aromatic nitrogens is 6. The third-order valence-corrected chi connectivity index (χ3v) is 13.7. The van der Waals surface area contributed by atoms with E-state index < -0.39 is 118 Å². The Morgan fingerprint density at radius 2 is 0.519 bits per heavy atom. The lowest BCUT2D eigenvalue weighted by Crippen LogP contribution is -2.56. The average Bonchev–Trinajstić information content (AvgIpc) is 3.99. The van der Waals surface area contributed by atoms with Gasteiger partial charge in [-0.2, -0.15) is 76.8 Å². The standard InChI is InChI=1S/3C6H10N2.3C2H2O4.3CH2F2O6S2.BO3/c3*1-3-6-7-4-5-8(6)2;3*3-1(4)2(5)6;3*2-1(3,10(4,5)6)11(7,8)9;2-1(3)4/h3*4-5H,3H2,1-2H3;3*(H,3,4)(H,5,6);3*(H,4,5,6)(H,7,8,9);/q;;;;;;;;;-3/p+3. The summed E-state index contributed by atoms with van der Waals surface area (Å²) in [7, 11) is -33.6. The number of aryl methyl sites for hydroxylation is 6. The summed E-state index contributed by atoms with van der Waals surface area (Å²) in [6.07, 6.45) is 15.1. The SMILES string of the molecule is CCc1[nH]cc[n+]1C.CCc1[nH]cc[n+]1C.CCc1[nH]cc[n+]1C.O=C(O)C(=O)O.O=C(O)C(=O)O.O=C(O)C(=O)O.O=S(=O)(O)C(F)(F)S(=O)(=O)O.O=S(=O)(O)C(F)(F)S(=O)(=O)O.O=S(=O)(O)C(F)(F)S(=O)(=O)O.[O-]B([O-])[O-]. The van der Waals surface area contributed by atoms with Gasteiger partial charge in [0.1, 0.15) is 37.2 Å². The summed E-state index contributed by atoms with van der Waals surface area (Å²) in [6.45, 7) is 6.39. The Labute approximate surface area is 439 Å². The van der Waals surface area contributed by atoms with Gasteiger partial charge in [-0.15, -0.1) is 0 Å². The second-order valence-corrected chi connectivity index (χ2v) is 21.5. The molecule has 0 amide bonds. The number of carboxylic acid groups (broad SMARTS) is 6. The Balaban J connectivity index is -0.000000148. The molecular weight excluding hydrogens is 1250 g/mol. The van der Waals surface area contributed by atoms with Crippen LogP contribution in [0.15, 0.2) is 37.2 Å². The zero-order valence-electron chi connectivity index (χ0n) is 39.7. The fraction of sp³-hybridized carbons (Fsp3) is 0.444. The number of carboxylic acids is 6. The summed E-state index contributed by atoms with van der Waals surface area (Å²) in [5.74, 6) is -7.14. The molecule has 462 valence electrons. The zero-order valence-corrected chi connectivity index (χ0v) is 44.6. The van der Waals surface area contributed by atoms with Gasteiger partial charge in [-0.1, -0.05) is 20.8 Å². The highest BCUT2D eigenvalue weighted by molar-refractivity contribution is 8.05. The Hall–Kier alpha value is -6.57. The Morgan fingerprint density at radius 3 is 0.544 bits per heavy atom. The number of halogens is 6. The summed E-state index contributed by atoms with van der Waals surface area (Å²) >= 11 is 0. The molecule has 15 N–H and O–H groups in total. The van der Waals surface area contributed by atoms with Gasteiger partial charge in [-0.05, 0) is 0 Å². The third kappa shape index (κ3) is 37.8. The molecule has 0 aliphatic heterocycles. The summed E-state index contributed by atoms with van der Waals surface area (Å²) < 4.78 is 220. The fourth-order valence-electron chi connectivity index (χ4n) is 2.76. The number of hydrogen-bond donors (Lipinski definition) is 15. The largest absolute Gasteiger partial charge is 0.907 e. The molecule has 0 aliphatic carbocycles. The van der Waals surface area contributed by atoms with Crippen molar-refractivity contribution in [1.82, 2.24) is 15.0 Å². The number of H-pyrrole nitrogens is 3.